The van der Waals surface area contributed by atoms with Gasteiger partial charge in [0.2, 0.25) is 0 Å². The summed E-state index contributed by atoms with van der Waals surface area (Å²) >= 11 is 0. The molecule has 1 aliphatic heterocycles. The maximum atomic E-state index is 13.3. The standard InChI is InChI=1S/C25H29F4N3O2/c26-20-5-1-19(2-6-20)16-32(22-11-13-31(14-12-22)21-7-8-21)24(33)30-15-18-3-9-23(10-4-18)34-17-25(27,28)29/h1-6,9-10,21-22H,7-8,11-17H2,(H,30,33). The van der Waals surface area contributed by atoms with Crippen LogP contribution in [0.1, 0.15) is 36.8 Å². The summed E-state index contributed by atoms with van der Waals surface area (Å²) in [7, 11) is 0. The smallest absolute Gasteiger partial charge is 0.422 e. The number of urea groups is 1. The number of benzene rings is 2. The molecule has 0 aromatic heterocycles. The fraction of sp³-hybridized carbons (Fsp3) is 0.480. The minimum atomic E-state index is -4.39. The van der Waals surface area contributed by atoms with Crippen LogP contribution < -0.4 is 10.1 Å². The number of nitrogens with zero attached hydrogens (tertiary/aromatic N) is 2. The number of halogens is 4. The molecule has 1 N–H and O–H groups in total. The first-order chi connectivity index (χ1) is 16.3. The highest BCUT2D eigenvalue weighted by Crippen LogP contribution is 2.31. The minimum absolute atomic E-state index is 0.0817. The third-order valence-corrected chi connectivity index (χ3v) is 6.30. The monoisotopic (exact) mass is 479 g/mol. The Morgan fingerprint density at radius 3 is 2.18 bits per heavy atom. The van der Waals surface area contributed by atoms with Crippen LogP contribution in [0, 0.1) is 5.82 Å². The Hall–Kier alpha value is -2.81. The van der Waals surface area contributed by atoms with E-state index in [0.29, 0.717) is 12.6 Å². The number of amides is 2. The highest BCUT2D eigenvalue weighted by atomic mass is 19.4. The number of hydrogen-bond donors (Lipinski definition) is 1. The van der Waals surface area contributed by atoms with Crippen molar-refractivity contribution in [2.45, 2.75) is 57.0 Å². The van der Waals surface area contributed by atoms with Crippen molar-refractivity contribution in [1.29, 1.82) is 0 Å². The van der Waals surface area contributed by atoms with Crippen LogP contribution in [0.2, 0.25) is 0 Å². The summed E-state index contributed by atoms with van der Waals surface area (Å²) in [5.41, 5.74) is 1.60. The van der Waals surface area contributed by atoms with E-state index in [1.165, 1.54) is 37.1 Å². The number of carbonyl (C=O) groups excluding carboxylic acids is 1. The lowest BCUT2D eigenvalue weighted by atomic mass is 10.0. The number of nitrogens with one attached hydrogen (secondary N) is 1. The molecule has 2 aliphatic rings. The van der Waals surface area contributed by atoms with Crippen LogP contribution in [0.5, 0.6) is 5.75 Å². The number of piperidine rings is 1. The van der Waals surface area contributed by atoms with E-state index in [-0.39, 0.29) is 30.2 Å². The lowest BCUT2D eigenvalue weighted by Gasteiger charge is -2.38. The molecular formula is C25H29F4N3O2. The van der Waals surface area contributed by atoms with Gasteiger partial charge in [-0.2, -0.15) is 13.2 Å². The molecule has 0 atom stereocenters. The molecule has 34 heavy (non-hydrogen) atoms. The number of likely N-dealkylation sites (tertiary alicyclic amines) is 1. The molecule has 184 valence electrons. The second kappa shape index (κ2) is 10.6. The van der Waals surface area contributed by atoms with Crippen LogP contribution >= 0.6 is 0 Å². The van der Waals surface area contributed by atoms with Crippen molar-refractivity contribution in [2.24, 2.45) is 0 Å². The van der Waals surface area contributed by atoms with Gasteiger partial charge in [-0.05, 0) is 61.1 Å². The van der Waals surface area contributed by atoms with E-state index < -0.39 is 12.8 Å². The summed E-state index contributed by atoms with van der Waals surface area (Å²) in [5, 5.41) is 2.93. The number of rotatable bonds is 8. The molecule has 2 aromatic carbocycles. The summed E-state index contributed by atoms with van der Waals surface area (Å²) in [6.07, 6.45) is -0.114. The Bertz CT molecular complexity index is 938. The second-order valence-corrected chi connectivity index (χ2v) is 8.96. The van der Waals surface area contributed by atoms with Crippen LogP contribution in [0.3, 0.4) is 0 Å². The zero-order chi connectivity index (χ0) is 24.1. The van der Waals surface area contributed by atoms with Crippen molar-refractivity contribution >= 4 is 6.03 Å². The van der Waals surface area contributed by atoms with Gasteiger partial charge in [0, 0.05) is 38.3 Å². The predicted octanol–water partition coefficient (Wildman–Crippen LogP) is 5.11. The average Bonchev–Trinajstić information content (AvgIpc) is 3.67. The number of carbonyl (C=O) groups is 1. The normalized spacial score (nSPS) is 17.4. The fourth-order valence-corrected chi connectivity index (χ4v) is 4.30. The fourth-order valence-electron chi connectivity index (χ4n) is 4.30. The lowest BCUT2D eigenvalue weighted by molar-refractivity contribution is -0.153. The SMILES string of the molecule is O=C(NCc1ccc(OCC(F)(F)F)cc1)N(Cc1ccc(F)cc1)C1CCN(C2CC2)CC1. The van der Waals surface area contributed by atoms with E-state index >= 15 is 0 Å². The van der Waals surface area contributed by atoms with Crippen LogP contribution in [0.4, 0.5) is 22.4 Å². The first-order valence-electron chi connectivity index (χ1n) is 11.6. The third-order valence-electron chi connectivity index (χ3n) is 6.30. The number of hydrogen-bond acceptors (Lipinski definition) is 3. The van der Waals surface area contributed by atoms with Crippen molar-refractivity contribution in [3.05, 3.63) is 65.5 Å². The Morgan fingerprint density at radius 1 is 0.971 bits per heavy atom. The minimum Gasteiger partial charge on any atom is -0.484 e. The molecular weight excluding hydrogens is 450 g/mol. The quantitative estimate of drug-likeness (QED) is 0.536. The van der Waals surface area contributed by atoms with Gasteiger partial charge in [-0.3, -0.25) is 0 Å². The van der Waals surface area contributed by atoms with E-state index in [2.05, 4.69) is 10.2 Å². The Balaban J connectivity index is 1.36. The summed E-state index contributed by atoms with van der Waals surface area (Å²) in [4.78, 5) is 17.5. The van der Waals surface area contributed by atoms with E-state index in [1.807, 2.05) is 4.90 Å². The molecule has 2 fully saturated rings. The molecule has 9 heteroatoms. The van der Waals surface area contributed by atoms with Crippen molar-refractivity contribution in [2.75, 3.05) is 19.7 Å². The molecule has 0 unspecified atom stereocenters. The number of ether oxygens (including phenoxy) is 1. The van der Waals surface area contributed by atoms with E-state index in [9.17, 15) is 22.4 Å². The third kappa shape index (κ3) is 7.09. The Kier molecular flexibility index (Phi) is 7.60. The van der Waals surface area contributed by atoms with E-state index in [0.717, 1.165) is 37.1 Å². The summed E-state index contributed by atoms with van der Waals surface area (Å²) < 4.78 is 55.0. The van der Waals surface area contributed by atoms with Crippen molar-refractivity contribution in [3.8, 4) is 5.75 Å². The Morgan fingerprint density at radius 2 is 1.59 bits per heavy atom. The van der Waals surface area contributed by atoms with Gasteiger partial charge in [0.05, 0.1) is 0 Å². The van der Waals surface area contributed by atoms with Crippen LogP contribution in [0.15, 0.2) is 48.5 Å². The van der Waals surface area contributed by atoms with Crippen LogP contribution in [-0.4, -0.2) is 53.8 Å². The van der Waals surface area contributed by atoms with Crippen LogP contribution in [0.25, 0.3) is 0 Å². The first-order valence-corrected chi connectivity index (χ1v) is 11.6. The van der Waals surface area contributed by atoms with Gasteiger partial charge in [0.15, 0.2) is 6.61 Å². The summed E-state index contributed by atoms with van der Waals surface area (Å²) in [6, 6.07) is 12.9. The molecule has 2 amide bonds. The molecule has 1 saturated heterocycles. The Labute approximate surface area is 196 Å². The zero-order valence-electron chi connectivity index (χ0n) is 18.9. The maximum Gasteiger partial charge on any atom is 0.422 e. The summed E-state index contributed by atoms with van der Waals surface area (Å²) in [5.74, 6) is -0.201. The van der Waals surface area contributed by atoms with Gasteiger partial charge in [-0.1, -0.05) is 24.3 Å². The largest absolute Gasteiger partial charge is 0.484 e. The molecule has 0 radical (unpaired) electrons. The number of alkyl halides is 3. The first kappa shape index (κ1) is 24.3. The van der Waals surface area contributed by atoms with Gasteiger partial charge >= 0.3 is 12.2 Å². The zero-order valence-corrected chi connectivity index (χ0v) is 18.9. The molecule has 1 saturated carbocycles. The molecule has 0 spiro atoms. The summed E-state index contributed by atoms with van der Waals surface area (Å²) in [6.45, 7) is 1.19. The second-order valence-electron chi connectivity index (χ2n) is 8.96. The topological polar surface area (TPSA) is 44.8 Å². The molecule has 4 rings (SSSR count). The van der Waals surface area contributed by atoms with Crippen molar-refractivity contribution in [1.82, 2.24) is 15.1 Å². The van der Waals surface area contributed by atoms with E-state index in [1.54, 1.807) is 24.3 Å². The molecule has 5 nitrogen and oxygen atoms in total. The highest BCUT2D eigenvalue weighted by Gasteiger charge is 2.34. The lowest BCUT2D eigenvalue weighted by Crippen LogP contribution is -2.50. The van der Waals surface area contributed by atoms with Gasteiger partial charge in [0.1, 0.15) is 11.6 Å². The van der Waals surface area contributed by atoms with Gasteiger partial charge in [-0.15, -0.1) is 0 Å². The van der Waals surface area contributed by atoms with Crippen molar-refractivity contribution < 1.29 is 27.1 Å². The molecule has 0 bridgehead atoms. The average molecular weight is 480 g/mol. The molecule has 2 aromatic rings. The molecule has 1 aliphatic carbocycles. The maximum absolute atomic E-state index is 13.3. The van der Waals surface area contributed by atoms with E-state index in [4.69, 9.17) is 4.74 Å². The van der Waals surface area contributed by atoms with Crippen LogP contribution in [-0.2, 0) is 13.1 Å². The van der Waals surface area contributed by atoms with Crippen molar-refractivity contribution in [3.63, 3.8) is 0 Å². The highest BCUT2D eigenvalue weighted by molar-refractivity contribution is 5.74. The van der Waals surface area contributed by atoms with Gasteiger partial charge in [0.25, 0.3) is 0 Å². The van der Waals surface area contributed by atoms with Gasteiger partial charge < -0.3 is 19.9 Å². The predicted molar refractivity (Wildman–Crippen MR) is 120 cm³/mol. The van der Waals surface area contributed by atoms with Gasteiger partial charge in [-0.25, -0.2) is 9.18 Å². The molecule has 1 heterocycles.